The van der Waals surface area contributed by atoms with E-state index in [1.807, 2.05) is 13.8 Å². The third-order valence-corrected chi connectivity index (χ3v) is 4.33. The first-order chi connectivity index (χ1) is 8.42. The number of aromatic nitrogens is 1. The van der Waals surface area contributed by atoms with Crippen LogP contribution in [0.4, 0.5) is 0 Å². The molecule has 0 saturated heterocycles. The van der Waals surface area contributed by atoms with Crippen molar-refractivity contribution in [2.24, 2.45) is 0 Å². The van der Waals surface area contributed by atoms with E-state index >= 15 is 0 Å². The van der Waals surface area contributed by atoms with E-state index in [0.29, 0.717) is 17.0 Å². The molecule has 1 N–H and O–H groups in total. The maximum Gasteiger partial charge on any atom is 0.240 e. The molecule has 6 heteroatoms. The second-order valence-electron chi connectivity index (χ2n) is 4.29. The van der Waals surface area contributed by atoms with Crippen molar-refractivity contribution in [2.45, 2.75) is 38.1 Å². The highest BCUT2D eigenvalue weighted by atomic mass is 32.2. The Balaban J connectivity index is 2.41. The Kier molecular flexibility index (Phi) is 3.41. The monoisotopic (exact) mass is 268 g/mol. The van der Waals surface area contributed by atoms with Crippen LogP contribution in [0.3, 0.4) is 0 Å². The number of fused-ring (bicyclic) bond motifs is 1. The van der Waals surface area contributed by atoms with Crippen molar-refractivity contribution in [3.05, 3.63) is 24.1 Å². The molecule has 0 spiro atoms. The van der Waals surface area contributed by atoms with Crippen LogP contribution in [0.5, 0.6) is 0 Å². The lowest BCUT2D eigenvalue weighted by Crippen LogP contribution is -2.31. The lowest BCUT2D eigenvalue weighted by atomic mass is 10.3. The maximum absolute atomic E-state index is 12.1. The van der Waals surface area contributed by atoms with E-state index in [-0.39, 0.29) is 10.9 Å². The lowest BCUT2D eigenvalue weighted by Gasteiger charge is -2.11. The molecule has 0 saturated carbocycles. The van der Waals surface area contributed by atoms with Gasteiger partial charge in [-0.1, -0.05) is 6.92 Å². The summed E-state index contributed by atoms with van der Waals surface area (Å²) in [5.74, 6) is 0.523. The van der Waals surface area contributed by atoms with Crippen molar-refractivity contribution in [1.29, 1.82) is 0 Å². The highest BCUT2D eigenvalue weighted by Crippen LogP contribution is 2.20. The maximum atomic E-state index is 12.1. The van der Waals surface area contributed by atoms with Crippen LogP contribution in [0.2, 0.25) is 0 Å². The van der Waals surface area contributed by atoms with Crippen LogP contribution in [-0.4, -0.2) is 19.4 Å². The minimum Gasteiger partial charge on any atom is -0.441 e. The molecule has 0 aliphatic carbocycles. The molecule has 0 aliphatic heterocycles. The van der Waals surface area contributed by atoms with Gasteiger partial charge in [0.25, 0.3) is 0 Å². The summed E-state index contributed by atoms with van der Waals surface area (Å²) in [6.45, 7) is 5.48. The minimum absolute atomic E-state index is 0.0952. The van der Waals surface area contributed by atoms with Gasteiger partial charge in [0.2, 0.25) is 10.0 Å². The fourth-order valence-electron chi connectivity index (χ4n) is 1.60. The molecule has 0 aliphatic rings. The molecular weight excluding hydrogens is 252 g/mol. The predicted molar refractivity (Wildman–Crippen MR) is 68.8 cm³/mol. The lowest BCUT2D eigenvalue weighted by molar-refractivity contribution is 0.551. The summed E-state index contributed by atoms with van der Waals surface area (Å²) in [6.07, 6.45) is 0.739. The topological polar surface area (TPSA) is 72.2 Å². The third kappa shape index (κ3) is 2.54. The van der Waals surface area contributed by atoms with Crippen LogP contribution >= 0.6 is 0 Å². The Hall–Kier alpha value is -1.40. The van der Waals surface area contributed by atoms with Gasteiger partial charge < -0.3 is 4.42 Å². The van der Waals surface area contributed by atoms with Gasteiger partial charge in [0.1, 0.15) is 5.52 Å². The number of benzene rings is 1. The minimum atomic E-state index is -3.49. The SMILES string of the molecule is CCC(C)NS(=O)(=O)c1ccc2nc(C)oc2c1. The van der Waals surface area contributed by atoms with Gasteiger partial charge in [-0.05, 0) is 25.5 Å². The smallest absolute Gasteiger partial charge is 0.240 e. The molecule has 1 heterocycles. The standard InChI is InChI=1S/C12H16N2O3S/c1-4-8(2)14-18(15,16)10-5-6-11-12(7-10)17-9(3)13-11/h5-8,14H,4H2,1-3H3. The molecule has 5 nitrogen and oxygen atoms in total. The van der Waals surface area contributed by atoms with Crippen LogP contribution in [0.1, 0.15) is 26.2 Å². The highest BCUT2D eigenvalue weighted by molar-refractivity contribution is 7.89. The van der Waals surface area contributed by atoms with Crippen LogP contribution in [0.25, 0.3) is 11.1 Å². The van der Waals surface area contributed by atoms with E-state index in [4.69, 9.17) is 4.42 Å². The van der Waals surface area contributed by atoms with Crippen molar-refractivity contribution >= 4 is 21.1 Å². The summed E-state index contributed by atoms with van der Waals surface area (Å²) in [4.78, 5) is 4.33. The number of aryl methyl sites for hydroxylation is 1. The number of sulfonamides is 1. The predicted octanol–water partition coefficient (Wildman–Crippen LogP) is 2.21. The van der Waals surface area contributed by atoms with Crippen LogP contribution in [0, 0.1) is 6.92 Å². The number of oxazole rings is 1. The number of nitrogens with one attached hydrogen (secondary N) is 1. The Bertz CT molecular complexity index is 661. The molecule has 1 aromatic carbocycles. The Morgan fingerprint density at radius 2 is 2.17 bits per heavy atom. The fraction of sp³-hybridized carbons (Fsp3) is 0.417. The van der Waals surface area contributed by atoms with Crippen LogP contribution in [0.15, 0.2) is 27.5 Å². The summed E-state index contributed by atoms with van der Waals surface area (Å²) in [7, 11) is -3.49. The molecule has 1 aromatic heterocycles. The summed E-state index contributed by atoms with van der Waals surface area (Å²) < 4.78 is 32.1. The van der Waals surface area contributed by atoms with Crippen molar-refractivity contribution < 1.29 is 12.8 Å². The van der Waals surface area contributed by atoms with Crippen molar-refractivity contribution in [3.8, 4) is 0 Å². The van der Waals surface area contributed by atoms with Crippen molar-refractivity contribution in [1.82, 2.24) is 9.71 Å². The van der Waals surface area contributed by atoms with Gasteiger partial charge in [-0.25, -0.2) is 18.1 Å². The second kappa shape index (κ2) is 4.70. The second-order valence-corrected chi connectivity index (χ2v) is 6.01. The molecule has 1 atom stereocenters. The van der Waals surface area contributed by atoms with Gasteiger partial charge in [0.05, 0.1) is 4.90 Å². The van der Waals surface area contributed by atoms with E-state index in [9.17, 15) is 8.42 Å². The van der Waals surface area contributed by atoms with E-state index < -0.39 is 10.0 Å². The Morgan fingerprint density at radius 1 is 1.44 bits per heavy atom. The van der Waals surface area contributed by atoms with Crippen LogP contribution in [-0.2, 0) is 10.0 Å². The largest absolute Gasteiger partial charge is 0.441 e. The van der Waals surface area contributed by atoms with E-state index in [1.54, 1.807) is 13.0 Å². The molecule has 98 valence electrons. The first kappa shape index (κ1) is 13.0. The number of rotatable bonds is 4. The fourth-order valence-corrected chi connectivity index (χ4v) is 2.95. The summed E-state index contributed by atoms with van der Waals surface area (Å²) in [5.41, 5.74) is 1.15. The summed E-state index contributed by atoms with van der Waals surface area (Å²) in [6, 6.07) is 4.59. The zero-order valence-corrected chi connectivity index (χ0v) is 11.4. The van der Waals surface area contributed by atoms with Crippen LogP contribution < -0.4 is 4.72 Å². The normalized spacial score (nSPS) is 13.9. The zero-order valence-electron chi connectivity index (χ0n) is 10.6. The van der Waals surface area contributed by atoms with Gasteiger partial charge in [-0.15, -0.1) is 0 Å². The molecular formula is C12H16N2O3S. The summed E-state index contributed by atoms with van der Waals surface area (Å²) >= 11 is 0. The molecule has 1 unspecified atom stereocenters. The summed E-state index contributed by atoms with van der Waals surface area (Å²) in [5, 5.41) is 0. The first-order valence-electron chi connectivity index (χ1n) is 5.82. The average molecular weight is 268 g/mol. The number of hydrogen-bond acceptors (Lipinski definition) is 4. The van der Waals surface area contributed by atoms with Gasteiger partial charge in [-0.2, -0.15) is 0 Å². The Morgan fingerprint density at radius 3 is 2.83 bits per heavy atom. The quantitative estimate of drug-likeness (QED) is 0.922. The van der Waals surface area contributed by atoms with Gasteiger partial charge in [0.15, 0.2) is 11.5 Å². The highest BCUT2D eigenvalue weighted by Gasteiger charge is 2.17. The molecule has 2 rings (SSSR count). The van der Waals surface area contributed by atoms with Gasteiger partial charge in [-0.3, -0.25) is 0 Å². The van der Waals surface area contributed by atoms with E-state index in [0.717, 1.165) is 6.42 Å². The number of hydrogen-bond donors (Lipinski definition) is 1. The average Bonchev–Trinajstić information content (AvgIpc) is 2.67. The molecule has 0 bridgehead atoms. The molecule has 18 heavy (non-hydrogen) atoms. The van der Waals surface area contributed by atoms with E-state index in [1.165, 1.54) is 12.1 Å². The third-order valence-electron chi connectivity index (χ3n) is 2.75. The Labute approximate surface area is 106 Å². The molecule has 0 radical (unpaired) electrons. The molecule has 0 amide bonds. The van der Waals surface area contributed by atoms with Gasteiger partial charge >= 0.3 is 0 Å². The molecule has 2 aromatic rings. The molecule has 0 fully saturated rings. The van der Waals surface area contributed by atoms with E-state index in [2.05, 4.69) is 9.71 Å². The number of nitrogens with zero attached hydrogens (tertiary/aromatic N) is 1. The first-order valence-corrected chi connectivity index (χ1v) is 7.30. The van der Waals surface area contributed by atoms with Crippen molar-refractivity contribution in [3.63, 3.8) is 0 Å². The van der Waals surface area contributed by atoms with Crippen molar-refractivity contribution in [2.75, 3.05) is 0 Å². The van der Waals surface area contributed by atoms with Gasteiger partial charge in [0, 0.05) is 19.0 Å². The zero-order chi connectivity index (χ0) is 13.3.